The van der Waals surface area contributed by atoms with Gasteiger partial charge in [0.05, 0.1) is 12.1 Å². The lowest BCUT2D eigenvalue weighted by molar-refractivity contribution is 0.239. The number of nitrogens with zero attached hydrogens (tertiary/aromatic N) is 2. The Balaban J connectivity index is 0.00000245. The number of hydrogen-bond donors (Lipinski definition) is 1. The van der Waals surface area contributed by atoms with Crippen LogP contribution in [0.4, 0.5) is 5.69 Å². The first kappa shape index (κ1) is 22.8. The summed E-state index contributed by atoms with van der Waals surface area (Å²) < 4.78 is 7.28. The molecule has 1 aliphatic heterocycles. The monoisotopic (exact) mass is 513 g/mol. The predicted molar refractivity (Wildman–Crippen MR) is 140 cm³/mol. The Morgan fingerprint density at radius 2 is 1.81 bits per heavy atom. The van der Waals surface area contributed by atoms with Crippen LogP contribution in [0.5, 0.6) is 5.75 Å². The number of H-pyrrole nitrogens is 1. The van der Waals surface area contributed by atoms with Gasteiger partial charge in [0.1, 0.15) is 5.75 Å². The molecule has 4 aromatic rings. The normalized spacial score (nSPS) is 14.6. The summed E-state index contributed by atoms with van der Waals surface area (Å²) >= 11 is 1.82. The molecule has 2 aromatic heterocycles. The first-order valence-electron chi connectivity index (χ1n) is 11.0. The highest BCUT2D eigenvalue weighted by molar-refractivity contribution is 8.93. The van der Waals surface area contributed by atoms with Crippen molar-refractivity contribution >= 4 is 55.0 Å². The molecule has 168 valence electrons. The maximum absolute atomic E-state index is 11.5. The number of hydrogen-bond acceptors (Lipinski definition) is 5. The fourth-order valence-corrected chi connectivity index (χ4v) is 5.12. The summed E-state index contributed by atoms with van der Waals surface area (Å²) in [7, 11) is 0. The smallest absolute Gasteiger partial charge is 0.248 e. The Morgan fingerprint density at radius 1 is 0.969 bits per heavy atom. The van der Waals surface area contributed by atoms with E-state index in [4.69, 9.17) is 4.74 Å². The quantitative estimate of drug-likeness (QED) is 0.340. The number of nitrogens with one attached hydrogen (secondary N) is 1. The number of halogens is 1. The Bertz CT molecular complexity index is 1230. The van der Waals surface area contributed by atoms with Crippen molar-refractivity contribution in [3.63, 3.8) is 0 Å². The number of aromatic amines is 1. The van der Waals surface area contributed by atoms with Gasteiger partial charge in [0.2, 0.25) is 5.56 Å². The van der Waals surface area contributed by atoms with Gasteiger partial charge in [0, 0.05) is 54.1 Å². The number of rotatable bonds is 7. The second-order valence-electron chi connectivity index (χ2n) is 8.07. The molecular formula is C25H28BrN3O2S. The molecule has 0 bridgehead atoms. The largest absolute Gasteiger partial charge is 0.494 e. The highest BCUT2D eigenvalue weighted by atomic mass is 79.9. The minimum atomic E-state index is -0.0863. The van der Waals surface area contributed by atoms with Crippen LogP contribution in [0.2, 0.25) is 0 Å². The second-order valence-corrected chi connectivity index (χ2v) is 9.01. The average molecular weight is 514 g/mol. The third kappa shape index (κ3) is 5.17. The third-order valence-electron chi connectivity index (χ3n) is 6.02. The molecule has 7 heteroatoms. The van der Waals surface area contributed by atoms with Crippen LogP contribution < -0.4 is 15.2 Å². The van der Waals surface area contributed by atoms with E-state index in [0.29, 0.717) is 6.61 Å². The van der Waals surface area contributed by atoms with Crippen molar-refractivity contribution < 1.29 is 4.74 Å². The summed E-state index contributed by atoms with van der Waals surface area (Å²) in [5.41, 5.74) is 2.11. The van der Waals surface area contributed by atoms with Gasteiger partial charge in [0.15, 0.2) is 0 Å². The minimum Gasteiger partial charge on any atom is -0.494 e. The lowest BCUT2D eigenvalue weighted by atomic mass is 10.2. The van der Waals surface area contributed by atoms with Gasteiger partial charge in [-0.25, -0.2) is 0 Å². The number of ether oxygens (including phenoxy) is 1. The van der Waals surface area contributed by atoms with Gasteiger partial charge < -0.3 is 14.6 Å². The van der Waals surface area contributed by atoms with Gasteiger partial charge in [-0.3, -0.25) is 9.69 Å². The zero-order chi connectivity index (χ0) is 21.0. The van der Waals surface area contributed by atoms with E-state index in [1.807, 2.05) is 35.6 Å². The summed E-state index contributed by atoms with van der Waals surface area (Å²) in [5.74, 6) is 0.811. The molecule has 2 aromatic carbocycles. The highest BCUT2D eigenvalue weighted by Crippen LogP contribution is 2.31. The number of thiophene rings is 1. The summed E-state index contributed by atoms with van der Waals surface area (Å²) in [5, 5.41) is 4.58. The van der Waals surface area contributed by atoms with Crippen LogP contribution in [0.15, 0.2) is 64.8 Å². The molecule has 0 amide bonds. The van der Waals surface area contributed by atoms with Crippen LogP contribution in [0.3, 0.4) is 0 Å². The number of benzene rings is 2. The van der Waals surface area contributed by atoms with Gasteiger partial charge in [-0.1, -0.05) is 6.07 Å². The number of pyridine rings is 1. The summed E-state index contributed by atoms with van der Waals surface area (Å²) in [6.45, 7) is 6.20. The molecule has 32 heavy (non-hydrogen) atoms. The molecule has 3 heterocycles. The summed E-state index contributed by atoms with van der Waals surface area (Å²) in [6.07, 6.45) is 2.16. The van der Waals surface area contributed by atoms with Crippen LogP contribution >= 0.6 is 28.3 Å². The first-order valence-corrected chi connectivity index (χ1v) is 11.8. The molecule has 5 rings (SSSR count). The van der Waals surface area contributed by atoms with Gasteiger partial charge >= 0.3 is 0 Å². The lowest BCUT2D eigenvalue weighted by Crippen LogP contribution is -2.46. The van der Waals surface area contributed by atoms with Gasteiger partial charge in [-0.15, -0.1) is 28.3 Å². The molecule has 1 N–H and O–H groups in total. The van der Waals surface area contributed by atoms with Crippen molar-refractivity contribution in [3.05, 3.63) is 70.3 Å². The van der Waals surface area contributed by atoms with E-state index in [9.17, 15) is 4.79 Å². The third-order valence-corrected chi connectivity index (χ3v) is 6.90. The predicted octanol–water partition coefficient (Wildman–Crippen LogP) is 5.30. The van der Waals surface area contributed by atoms with Crippen molar-refractivity contribution in [3.8, 4) is 5.75 Å². The molecule has 0 atom stereocenters. The minimum absolute atomic E-state index is 0. The van der Waals surface area contributed by atoms with Crippen molar-refractivity contribution in [1.82, 2.24) is 9.88 Å². The Kier molecular flexibility index (Phi) is 7.50. The zero-order valence-electron chi connectivity index (χ0n) is 18.0. The van der Waals surface area contributed by atoms with Gasteiger partial charge in [-0.2, -0.15) is 0 Å². The molecule has 0 unspecified atom stereocenters. The molecule has 0 spiro atoms. The molecule has 0 aliphatic carbocycles. The number of fused-ring (bicyclic) bond motifs is 2. The number of unbranched alkanes of at least 4 members (excludes halogenated alkanes) is 1. The fraction of sp³-hybridized carbons (Fsp3) is 0.320. The molecule has 1 aliphatic rings. The van der Waals surface area contributed by atoms with E-state index in [1.54, 1.807) is 6.07 Å². The van der Waals surface area contributed by atoms with Crippen molar-refractivity contribution in [2.45, 2.75) is 12.8 Å². The maximum Gasteiger partial charge on any atom is 0.248 e. The zero-order valence-corrected chi connectivity index (χ0v) is 20.5. The number of piperazine rings is 1. The Hall–Kier alpha value is -2.35. The molecule has 1 fully saturated rings. The fourth-order valence-electron chi connectivity index (χ4n) is 4.31. The van der Waals surface area contributed by atoms with E-state index >= 15 is 0 Å². The van der Waals surface area contributed by atoms with E-state index in [0.717, 1.165) is 62.2 Å². The van der Waals surface area contributed by atoms with Gasteiger partial charge in [0.25, 0.3) is 0 Å². The highest BCUT2D eigenvalue weighted by Gasteiger charge is 2.18. The van der Waals surface area contributed by atoms with E-state index in [2.05, 4.69) is 44.4 Å². The van der Waals surface area contributed by atoms with Crippen LogP contribution in [0, 0.1) is 0 Å². The molecule has 1 saturated heterocycles. The number of aromatic nitrogens is 1. The SMILES string of the molecule is Br.O=c1ccc2ccc(OCCCCN3CCN(c4cccc5sccc45)CC3)cc2[nH]1. The summed E-state index contributed by atoms with van der Waals surface area (Å²) in [4.78, 5) is 19.4. The van der Waals surface area contributed by atoms with Crippen LogP contribution in [-0.2, 0) is 0 Å². The second kappa shape index (κ2) is 10.5. The lowest BCUT2D eigenvalue weighted by Gasteiger charge is -2.36. The standard InChI is InChI=1S/C25H27N3O2S.BrH/c29-25-9-7-19-6-8-20(18-22(19)26-25)30-16-2-1-11-27-12-14-28(15-13-27)23-4-3-5-24-21(23)10-17-31-24;/h3-10,17-18H,1-2,11-16H2,(H,26,29);1H. The molecular weight excluding hydrogens is 486 g/mol. The van der Waals surface area contributed by atoms with E-state index in [-0.39, 0.29) is 22.5 Å². The first-order chi connectivity index (χ1) is 15.3. The van der Waals surface area contributed by atoms with E-state index in [1.165, 1.54) is 15.8 Å². The molecule has 0 radical (unpaired) electrons. The van der Waals surface area contributed by atoms with Crippen LogP contribution in [0.1, 0.15) is 12.8 Å². The topological polar surface area (TPSA) is 48.6 Å². The Labute approximate surface area is 202 Å². The van der Waals surface area contributed by atoms with Gasteiger partial charge in [-0.05, 0) is 66.6 Å². The molecule has 0 saturated carbocycles. The van der Waals surface area contributed by atoms with Crippen molar-refractivity contribution in [1.29, 1.82) is 0 Å². The van der Waals surface area contributed by atoms with Crippen molar-refractivity contribution in [2.75, 3.05) is 44.2 Å². The number of anilines is 1. The van der Waals surface area contributed by atoms with Crippen molar-refractivity contribution in [2.24, 2.45) is 0 Å². The summed E-state index contributed by atoms with van der Waals surface area (Å²) in [6, 6.07) is 18.1. The average Bonchev–Trinajstić information content (AvgIpc) is 3.28. The van der Waals surface area contributed by atoms with E-state index < -0.39 is 0 Å². The van der Waals surface area contributed by atoms with Crippen LogP contribution in [0.25, 0.3) is 21.0 Å². The Morgan fingerprint density at radius 3 is 2.69 bits per heavy atom. The molecule has 5 nitrogen and oxygen atoms in total. The maximum atomic E-state index is 11.5. The van der Waals surface area contributed by atoms with Crippen LogP contribution in [-0.4, -0.2) is 49.2 Å².